The van der Waals surface area contributed by atoms with Gasteiger partial charge in [-0.25, -0.2) is 0 Å². The summed E-state index contributed by atoms with van der Waals surface area (Å²) in [6, 6.07) is 0.626. The summed E-state index contributed by atoms with van der Waals surface area (Å²) in [6.07, 6.45) is 6.74. The zero-order valence-electron chi connectivity index (χ0n) is 9.63. The smallest absolute Gasteiger partial charge is 0.206 e. The zero-order valence-corrected chi connectivity index (χ0v) is 11.3. The van der Waals surface area contributed by atoms with Crippen molar-refractivity contribution in [2.45, 2.75) is 60.3 Å². The molecule has 0 radical (unpaired) electrons. The minimum atomic E-state index is -0.169. The SMILES string of the molecule is OC1CCCCC1Sc1nnc(NC2CC2)s1. The summed E-state index contributed by atoms with van der Waals surface area (Å²) in [5.41, 5.74) is 0. The molecule has 0 bridgehead atoms. The molecule has 2 unspecified atom stereocenters. The molecule has 94 valence electrons. The van der Waals surface area contributed by atoms with E-state index in [9.17, 15) is 5.11 Å². The first-order valence-electron chi connectivity index (χ1n) is 6.26. The molecule has 2 aliphatic carbocycles. The Labute approximate surface area is 109 Å². The maximum atomic E-state index is 9.91. The lowest BCUT2D eigenvalue weighted by Gasteiger charge is -2.25. The number of anilines is 1. The molecule has 0 spiro atoms. The van der Waals surface area contributed by atoms with E-state index < -0.39 is 0 Å². The first-order chi connectivity index (χ1) is 8.31. The van der Waals surface area contributed by atoms with Gasteiger partial charge in [0.25, 0.3) is 0 Å². The minimum absolute atomic E-state index is 0.169. The fourth-order valence-electron chi connectivity index (χ4n) is 2.06. The molecule has 2 N–H and O–H groups in total. The molecule has 4 nitrogen and oxygen atoms in total. The van der Waals surface area contributed by atoms with Crippen LogP contribution in [0, 0.1) is 0 Å². The highest BCUT2D eigenvalue weighted by Crippen LogP contribution is 2.37. The number of aliphatic hydroxyl groups excluding tert-OH is 1. The van der Waals surface area contributed by atoms with E-state index in [-0.39, 0.29) is 6.10 Å². The molecular weight excluding hydrogens is 254 g/mol. The van der Waals surface area contributed by atoms with E-state index in [0.29, 0.717) is 11.3 Å². The fourth-order valence-corrected chi connectivity index (χ4v) is 4.34. The Morgan fingerprint density at radius 2 is 2.00 bits per heavy atom. The summed E-state index contributed by atoms with van der Waals surface area (Å²) in [4.78, 5) is 0. The van der Waals surface area contributed by atoms with Crippen molar-refractivity contribution in [1.29, 1.82) is 0 Å². The third-order valence-electron chi connectivity index (χ3n) is 3.23. The molecule has 1 aromatic heterocycles. The summed E-state index contributed by atoms with van der Waals surface area (Å²) >= 11 is 3.31. The molecule has 1 aromatic rings. The van der Waals surface area contributed by atoms with Gasteiger partial charge in [0, 0.05) is 11.3 Å². The first kappa shape index (κ1) is 11.7. The van der Waals surface area contributed by atoms with Crippen LogP contribution in [-0.4, -0.2) is 32.7 Å². The van der Waals surface area contributed by atoms with Crippen molar-refractivity contribution < 1.29 is 5.11 Å². The Balaban J connectivity index is 1.57. The summed E-state index contributed by atoms with van der Waals surface area (Å²) in [6.45, 7) is 0. The highest BCUT2D eigenvalue weighted by atomic mass is 32.2. The van der Waals surface area contributed by atoms with Gasteiger partial charge in [0.05, 0.1) is 6.10 Å². The van der Waals surface area contributed by atoms with Gasteiger partial charge >= 0.3 is 0 Å². The number of thioether (sulfide) groups is 1. The van der Waals surface area contributed by atoms with Crippen LogP contribution >= 0.6 is 23.1 Å². The lowest BCUT2D eigenvalue weighted by molar-refractivity contribution is 0.137. The van der Waals surface area contributed by atoms with E-state index in [0.717, 1.165) is 28.7 Å². The van der Waals surface area contributed by atoms with Crippen molar-refractivity contribution in [3.63, 3.8) is 0 Å². The quantitative estimate of drug-likeness (QED) is 0.881. The van der Waals surface area contributed by atoms with Crippen LogP contribution in [0.15, 0.2) is 4.34 Å². The van der Waals surface area contributed by atoms with Crippen molar-refractivity contribution in [2.75, 3.05) is 5.32 Å². The average Bonchev–Trinajstić information content (AvgIpc) is 3.02. The predicted molar refractivity (Wildman–Crippen MR) is 70.7 cm³/mol. The summed E-state index contributed by atoms with van der Waals surface area (Å²) < 4.78 is 0.985. The van der Waals surface area contributed by atoms with Crippen molar-refractivity contribution in [2.24, 2.45) is 0 Å². The maximum Gasteiger partial charge on any atom is 0.206 e. The summed E-state index contributed by atoms with van der Waals surface area (Å²) in [5.74, 6) is 0. The number of nitrogens with one attached hydrogen (secondary N) is 1. The second kappa shape index (κ2) is 5.12. The number of aliphatic hydroxyl groups is 1. The molecular formula is C11H17N3OS2. The monoisotopic (exact) mass is 271 g/mol. The van der Waals surface area contributed by atoms with Crippen LogP contribution in [0.3, 0.4) is 0 Å². The predicted octanol–water partition coefficient (Wildman–Crippen LogP) is 2.51. The van der Waals surface area contributed by atoms with Gasteiger partial charge in [-0.3, -0.25) is 0 Å². The van der Waals surface area contributed by atoms with E-state index in [1.165, 1.54) is 19.3 Å². The second-order valence-corrected chi connectivity index (χ2v) is 7.26. The number of hydrogen-bond donors (Lipinski definition) is 2. The maximum absolute atomic E-state index is 9.91. The van der Waals surface area contributed by atoms with Gasteiger partial charge in [0.1, 0.15) is 0 Å². The third kappa shape index (κ3) is 3.11. The largest absolute Gasteiger partial charge is 0.392 e. The molecule has 2 aliphatic rings. The first-order valence-corrected chi connectivity index (χ1v) is 7.95. The van der Waals surface area contributed by atoms with Gasteiger partial charge in [-0.05, 0) is 25.7 Å². The fraction of sp³-hybridized carbons (Fsp3) is 0.818. The van der Waals surface area contributed by atoms with Gasteiger partial charge in [-0.15, -0.1) is 10.2 Å². The van der Waals surface area contributed by atoms with Gasteiger partial charge in [0.2, 0.25) is 5.13 Å². The van der Waals surface area contributed by atoms with Gasteiger partial charge in [-0.1, -0.05) is 35.9 Å². The normalized spacial score (nSPS) is 29.2. The van der Waals surface area contributed by atoms with Crippen LogP contribution in [0.25, 0.3) is 0 Å². The van der Waals surface area contributed by atoms with Crippen LogP contribution in [-0.2, 0) is 0 Å². The lowest BCUT2D eigenvalue weighted by Crippen LogP contribution is -2.26. The Morgan fingerprint density at radius 1 is 1.18 bits per heavy atom. The Morgan fingerprint density at radius 3 is 2.76 bits per heavy atom. The van der Waals surface area contributed by atoms with Gasteiger partial charge in [-0.2, -0.15) is 0 Å². The zero-order chi connectivity index (χ0) is 11.7. The minimum Gasteiger partial charge on any atom is -0.392 e. The number of hydrogen-bond acceptors (Lipinski definition) is 6. The average molecular weight is 271 g/mol. The molecule has 2 saturated carbocycles. The molecule has 2 atom stereocenters. The van der Waals surface area contributed by atoms with Crippen LogP contribution in [0.4, 0.5) is 5.13 Å². The van der Waals surface area contributed by atoms with Crippen molar-refractivity contribution in [1.82, 2.24) is 10.2 Å². The highest BCUT2D eigenvalue weighted by molar-refractivity contribution is 8.01. The number of nitrogens with zero attached hydrogens (tertiary/aromatic N) is 2. The van der Waals surface area contributed by atoms with Gasteiger partial charge in [0.15, 0.2) is 4.34 Å². The molecule has 2 fully saturated rings. The van der Waals surface area contributed by atoms with Crippen molar-refractivity contribution in [3.8, 4) is 0 Å². The topological polar surface area (TPSA) is 58.0 Å². The lowest BCUT2D eigenvalue weighted by atomic mass is 9.97. The van der Waals surface area contributed by atoms with Crippen molar-refractivity contribution in [3.05, 3.63) is 0 Å². The second-order valence-electron chi connectivity index (χ2n) is 4.80. The molecule has 6 heteroatoms. The molecule has 17 heavy (non-hydrogen) atoms. The number of aromatic nitrogens is 2. The van der Waals surface area contributed by atoms with Crippen LogP contribution in [0.1, 0.15) is 38.5 Å². The molecule has 1 heterocycles. The molecule has 0 aliphatic heterocycles. The number of rotatable bonds is 4. The molecule has 0 saturated heterocycles. The summed E-state index contributed by atoms with van der Waals surface area (Å²) in [7, 11) is 0. The van der Waals surface area contributed by atoms with Crippen LogP contribution in [0.5, 0.6) is 0 Å². The summed E-state index contributed by atoms with van der Waals surface area (Å²) in [5, 5.41) is 22.8. The molecule has 0 amide bonds. The molecule has 3 rings (SSSR count). The van der Waals surface area contributed by atoms with Crippen LogP contribution in [0.2, 0.25) is 0 Å². The highest BCUT2D eigenvalue weighted by Gasteiger charge is 2.26. The van der Waals surface area contributed by atoms with Gasteiger partial charge < -0.3 is 10.4 Å². The van der Waals surface area contributed by atoms with E-state index in [1.54, 1.807) is 23.1 Å². The molecule has 0 aromatic carbocycles. The van der Waals surface area contributed by atoms with E-state index in [4.69, 9.17) is 0 Å². The third-order valence-corrected chi connectivity index (χ3v) is 5.55. The standard InChI is InChI=1S/C11H17N3OS2/c15-8-3-1-2-4-9(8)16-11-14-13-10(17-11)12-7-5-6-7/h7-9,15H,1-6H2,(H,12,13). The van der Waals surface area contributed by atoms with Crippen molar-refractivity contribution >= 4 is 28.2 Å². The Hall–Kier alpha value is -0.330. The Kier molecular flexibility index (Phi) is 3.54. The van der Waals surface area contributed by atoms with E-state index >= 15 is 0 Å². The van der Waals surface area contributed by atoms with Crippen LogP contribution < -0.4 is 5.32 Å². The Bertz CT molecular complexity index is 381. The van der Waals surface area contributed by atoms with E-state index in [2.05, 4.69) is 15.5 Å². The van der Waals surface area contributed by atoms with E-state index in [1.807, 2.05) is 0 Å².